The fourth-order valence-corrected chi connectivity index (χ4v) is 4.62. The predicted octanol–water partition coefficient (Wildman–Crippen LogP) is 4.64. The van der Waals surface area contributed by atoms with Crippen LogP contribution in [0.25, 0.3) is 0 Å². The van der Waals surface area contributed by atoms with Crippen molar-refractivity contribution >= 4 is 0 Å². The Morgan fingerprint density at radius 1 is 1.04 bits per heavy atom. The van der Waals surface area contributed by atoms with Crippen LogP contribution < -0.4 is 0 Å². The molecule has 2 heteroatoms. The number of benzene rings is 1. The van der Waals surface area contributed by atoms with E-state index in [2.05, 4.69) is 43.1 Å². The molecule has 23 heavy (non-hydrogen) atoms. The molecule has 0 aliphatic carbocycles. The first-order chi connectivity index (χ1) is 11.1. The minimum Gasteiger partial charge on any atom is -0.385 e. The zero-order valence-corrected chi connectivity index (χ0v) is 14.9. The van der Waals surface area contributed by atoms with Gasteiger partial charge in [0.2, 0.25) is 0 Å². The van der Waals surface area contributed by atoms with Crippen LogP contribution in [-0.4, -0.2) is 29.1 Å². The van der Waals surface area contributed by atoms with Gasteiger partial charge in [-0.15, -0.1) is 0 Å². The Morgan fingerprint density at radius 2 is 1.70 bits per heavy atom. The quantitative estimate of drug-likeness (QED) is 0.773. The highest BCUT2D eigenvalue weighted by Gasteiger charge is 2.44. The first-order valence-electron chi connectivity index (χ1n) is 9.66. The molecule has 1 aromatic carbocycles. The summed E-state index contributed by atoms with van der Waals surface area (Å²) < 4.78 is 0. The van der Waals surface area contributed by atoms with Crippen molar-refractivity contribution < 1.29 is 5.11 Å². The van der Waals surface area contributed by atoms with Gasteiger partial charge in [-0.25, -0.2) is 0 Å². The summed E-state index contributed by atoms with van der Waals surface area (Å²) in [5, 5.41) is 11.3. The maximum absolute atomic E-state index is 11.3. The van der Waals surface area contributed by atoms with Gasteiger partial charge in [0.05, 0.1) is 5.60 Å². The van der Waals surface area contributed by atoms with Gasteiger partial charge in [-0.05, 0) is 56.7 Å². The molecular formula is C21H33NO. The Hall–Kier alpha value is -0.860. The van der Waals surface area contributed by atoms with E-state index in [1.165, 1.54) is 56.9 Å². The highest BCUT2D eigenvalue weighted by Crippen LogP contribution is 2.43. The van der Waals surface area contributed by atoms with E-state index in [0.29, 0.717) is 12.1 Å². The van der Waals surface area contributed by atoms with Gasteiger partial charge in [-0.1, -0.05) is 56.9 Å². The summed E-state index contributed by atoms with van der Waals surface area (Å²) in [5.74, 6) is 0. The van der Waals surface area contributed by atoms with E-state index in [0.717, 1.165) is 18.4 Å². The van der Waals surface area contributed by atoms with Gasteiger partial charge in [0.15, 0.2) is 0 Å². The monoisotopic (exact) mass is 315 g/mol. The Labute approximate surface area is 141 Å². The van der Waals surface area contributed by atoms with E-state index in [1.54, 1.807) is 0 Å². The van der Waals surface area contributed by atoms with E-state index >= 15 is 0 Å². The molecule has 2 heterocycles. The Bertz CT molecular complexity index is 481. The Balaban J connectivity index is 1.64. The average Bonchev–Trinajstić information content (AvgIpc) is 2.54. The predicted molar refractivity (Wildman–Crippen MR) is 96.6 cm³/mol. The molecular weight excluding hydrogens is 282 g/mol. The number of fused-ring (bicyclic) bond motifs is 2. The van der Waals surface area contributed by atoms with Gasteiger partial charge >= 0.3 is 0 Å². The second-order valence-electron chi connectivity index (χ2n) is 7.85. The number of hydrogen-bond acceptors (Lipinski definition) is 2. The summed E-state index contributed by atoms with van der Waals surface area (Å²) in [6.07, 6.45) is 12.0. The summed E-state index contributed by atoms with van der Waals surface area (Å²) >= 11 is 0. The van der Waals surface area contributed by atoms with Gasteiger partial charge in [0.25, 0.3) is 0 Å². The van der Waals surface area contributed by atoms with E-state index in [4.69, 9.17) is 0 Å². The molecule has 2 bridgehead atoms. The molecule has 2 fully saturated rings. The standard InChI is InChI=1S/C21H33NO/c1-3-4-5-6-8-17-11-13-18(14-12-17)21(23)15-19-9-7-10-20(16-21)22(19)2/h11-14,19-20,23H,3-10,15-16H2,1-2H3. The zero-order valence-electron chi connectivity index (χ0n) is 14.9. The lowest BCUT2D eigenvalue weighted by Crippen LogP contribution is -2.55. The average molecular weight is 316 g/mol. The van der Waals surface area contributed by atoms with E-state index < -0.39 is 5.60 Å². The van der Waals surface area contributed by atoms with Crippen molar-refractivity contribution in [1.82, 2.24) is 4.90 Å². The molecule has 1 aromatic rings. The van der Waals surface area contributed by atoms with Crippen molar-refractivity contribution in [3.63, 3.8) is 0 Å². The molecule has 2 nitrogen and oxygen atoms in total. The molecule has 2 atom stereocenters. The minimum absolute atomic E-state index is 0.557. The van der Waals surface area contributed by atoms with Crippen LogP contribution in [0.5, 0.6) is 0 Å². The van der Waals surface area contributed by atoms with Gasteiger partial charge in [0.1, 0.15) is 0 Å². The molecule has 2 aliphatic rings. The number of unbranched alkanes of at least 4 members (excludes halogenated alkanes) is 3. The lowest BCUT2D eigenvalue weighted by molar-refractivity contribution is -0.0874. The zero-order chi connectivity index (χ0) is 16.3. The third-order valence-corrected chi connectivity index (χ3v) is 6.18. The second-order valence-corrected chi connectivity index (χ2v) is 7.85. The number of aliphatic hydroxyl groups is 1. The molecule has 2 unspecified atom stereocenters. The molecule has 1 N–H and O–H groups in total. The van der Waals surface area contributed by atoms with Gasteiger partial charge in [-0.2, -0.15) is 0 Å². The topological polar surface area (TPSA) is 23.5 Å². The molecule has 3 rings (SSSR count). The maximum atomic E-state index is 11.3. The molecule has 0 saturated carbocycles. The minimum atomic E-state index is -0.608. The van der Waals surface area contributed by atoms with Crippen LogP contribution in [0.2, 0.25) is 0 Å². The van der Waals surface area contributed by atoms with Gasteiger partial charge < -0.3 is 10.0 Å². The Morgan fingerprint density at radius 3 is 2.30 bits per heavy atom. The summed E-state index contributed by atoms with van der Waals surface area (Å²) in [6.45, 7) is 2.26. The Kier molecular flexibility index (Phi) is 5.43. The fraction of sp³-hybridized carbons (Fsp3) is 0.714. The van der Waals surface area contributed by atoms with Crippen LogP contribution in [0.3, 0.4) is 0 Å². The lowest BCUT2D eigenvalue weighted by atomic mass is 9.73. The maximum Gasteiger partial charge on any atom is 0.0926 e. The van der Waals surface area contributed by atoms with Crippen molar-refractivity contribution in [2.75, 3.05) is 7.05 Å². The normalized spacial score (nSPS) is 31.3. The molecule has 0 amide bonds. The summed E-state index contributed by atoms with van der Waals surface area (Å²) in [6, 6.07) is 9.98. The van der Waals surface area contributed by atoms with Crippen molar-refractivity contribution in [2.24, 2.45) is 0 Å². The third kappa shape index (κ3) is 3.80. The first kappa shape index (κ1) is 17.0. The van der Waals surface area contributed by atoms with Crippen molar-refractivity contribution in [1.29, 1.82) is 0 Å². The van der Waals surface area contributed by atoms with Crippen molar-refractivity contribution in [3.8, 4) is 0 Å². The van der Waals surface area contributed by atoms with Crippen LogP contribution in [0.1, 0.15) is 75.8 Å². The largest absolute Gasteiger partial charge is 0.385 e. The number of rotatable bonds is 6. The first-order valence-corrected chi connectivity index (χ1v) is 9.66. The van der Waals surface area contributed by atoms with Crippen LogP contribution in [0.15, 0.2) is 24.3 Å². The summed E-state index contributed by atoms with van der Waals surface area (Å²) in [7, 11) is 2.24. The number of hydrogen-bond donors (Lipinski definition) is 1. The molecule has 128 valence electrons. The highest BCUT2D eigenvalue weighted by atomic mass is 16.3. The second kappa shape index (κ2) is 7.36. The lowest BCUT2D eigenvalue weighted by Gasteiger charge is -2.50. The number of nitrogens with zero attached hydrogens (tertiary/aromatic N) is 1. The van der Waals surface area contributed by atoms with Crippen molar-refractivity contribution in [2.45, 2.75) is 88.8 Å². The molecule has 0 aromatic heterocycles. The number of piperidine rings is 2. The molecule has 0 radical (unpaired) electrons. The highest BCUT2D eigenvalue weighted by molar-refractivity contribution is 5.29. The van der Waals surface area contributed by atoms with E-state index in [-0.39, 0.29) is 0 Å². The summed E-state index contributed by atoms with van der Waals surface area (Å²) in [4.78, 5) is 2.51. The molecule has 2 saturated heterocycles. The van der Waals surface area contributed by atoms with Crippen LogP contribution in [-0.2, 0) is 12.0 Å². The van der Waals surface area contributed by atoms with Gasteiger partial charge in [0, 0.05) is 12.1 Å². The number of aryl methyl sites for hydroxylation is 1. The molecule has 0 spiro atoms. The molecule has 2 aliphatic heterocycles. The summed E-state index contributed by atoms with van der Waals surface area (Å²) in [5.41, 5.74) is 1.95. The van der Waals surface area contributed by atoms with Crippen molar-refractivity contribution in [3.05, 3.63) is 35.4 Å². The van der Waals surface area contributed by atoms with Gasteiger partial charge in [-0.3, -0.25) is 0 Å². The third-order valence-electron chi connectivity index (χ3n) is 6.18. The van der Waals surface area contributed by atoms with Crippen LogP contribution in [0, 0.1) is 0 Å². The smallest absolute Gasteiger partial charge is 0.0926 e. The van der Waals surface area contributed by atoms with E-state index in [9.17, 15) is 5.11 Å². The van der Waals surface area contributed by atoms with Crippen LogP contribution >= 0.6 is 0 Å². The fourth-order valence-electron chi connectivity index (χ4n) is 4.62. The SMILES string of the molecule is CCCCCCc1ccc(C2(O)CC3CCCC(C2)N3C)cc1. The van der Waals surface area contributed by atoms with Crippen LogP contribution in [0.4, 0.5) is 0 Å². The van der Waals surface area contributed by atoms with E-state index in [1.807, 2.05) is 0 Å².